The summed E-state index contributed by atoms with van der Waals surface area (Å²) in [6.45, 7) is 8.54. The molecular formula is C12H23NO. The van der Waals surface area contributed by atoms with Crippen LogP contribution in [0.2, 0.25) is 0 Å². The van der Waals surface area contributed by atoms with Crippen LogP contribution < -0.4 is 0 Å². The predicted octanol–water partition coefficient (Wildman–Crippen LogP) is 2.48. The minimum atomic E-state index is 0.144. The van der Waals surface area contributed by atoms with Gasteiger partial charge < -0.3 is 0 Å². The number of Topliss-reactive ketones (excluding diaryl/α,β-unsaturated/α-hetero) is 1. The summed E-state index contributed by atoms with van der Waals surface area (Å²) in [4.78, 5) is 13.9. The molecule has 2 atom stereocenters. The lowest BCUT2D eigenvalue weighted by Gasteiger charge is -2.26. The van der Waals surface area contributed by atoms with Crippen molar-refractivity contribution in [1.29, 1.82) is 0 Å². The third-order valence-electron chi connectivity index (χ3n) is 3.41. The Morgan fingerprint density at radius 2 is 2.14 bits per heavy atom. The fourth-order valence-corrected chi connectivity index (χ4v) is 2.17. The Morgan fingerprint density at radius 1 is 1.43 bits per heavy atom. The average Bonchev–Trinajstić information content (AvgIpc) is 2.40. The van der Waals surface area contributed by atoms with Gasteiger partial charge in [-0.05, 0) is 45.2 Å². The van der Waals surface area contributed by atoms with Crippen LogP contribution in [0.5, 0.6) is 0 Å². The molecule has 0 amide bonds. The van der Waals surface area contributed by atoms with Crippen LogP contribution in [0.25, 0.3) is 0 Å². The van der Waals surface area contributed by atoms with Crippen molar-refractivity contribution >= 4 is 5.78 Å². The van der Waals surface area contributed by atoms with E-state index in [0.29, 0.717) is 12.2 Å². The van der Waals surface area contributed by atoms with E-state index in [1.807, 2.05) is 6.92 Å². The number of likely N-dealkylation sites (tertiary alicyclic amines) is 1. The Labute approximate surface area is 87.7 Å². The largest absolute Gasteiger partial charge is 0.298 e. The lowest BCUT2D eigenvalue weighted by molar-refractivity contribution is -0.123. The number of nitrogens with zero attached hydrogens (tertiary/aromatic N) is 1. The van der Waals surface area contributed by atoms with E-state index in [2.05, 4.69) is 18.7 Å². The van der Waals surface area contributed by atoms with Gasteiger partial charge >= 0.3 is 0 Å². The number of rotatable bonds is 3. The molecule has 14 heavy (non-hydrogen) atoms. The lowest BCUT2D eigenvalue weighted by atomic mass is 10.0. The molecule has 1 rings (SSSR count). The van der Waals surface area contributed by atoms with Gasteiger partial charge in [-0.2, -0.15) is 0 Å². The molecule has 2 heteroatoms. The van der Waals surface area contributed by atoms with E-state index in [0.717, 1.165) is 19.0 Å². The molecule has 0 bridgehead atoms. The molecule has 2 nitrogen and oxygen atoms in total. The fourth-order valence-electron chi connectivity index (χ4n) is 2.17. The topological polar surface area (TPSA) is 20.3 Å². The van der Waals surface area contributed by atoms with Gasteiger partial charge in [0.05, 0.1) is 6.04 Å². The third-order valence-corrected chi connectivity index (χ3v) is 3.41. The minimum absolute atomic E-state index is 0.144. The highest BCUT2D eigenvalue weighted by Crippen LogP contribution is 2.18. The molecule has 0 aromatic heterocycles. The van der Waals surface area contributed by atoms with E-state index in [1.54, 1.807) is 0 Å². The number of hydrogen-bond donors (Lipinski definition) is 0. The van der Waals surface area contributed by atoms with Gasteiger partial charge in [-0.3, -0.25) is 9.69 Å². The van der Waals surface area contributed by atoms with Gasteiger partial charge in [-0.25, -0.2) is 0 Å². The SMILES string of the molecule is CCC(=O)C(C)N1CCCC(C)CC1. The molecule has 0 aromatic rings. The predicted molar refractivity (Wildman–Crippen MR) is 59.3 cm³/mol. The quantitative estimate of drug-likeness (QED) is 0.692. The monoisotopic (exact) mass is 197 g/mol. The zero-order chi connectivity index (χ0) is 10.6. The molecular weight excluding hydrogens is 174 g/mol. The molecule has 0 radical (unpaired) electrons. The molecule has 82 valence electrons. The van der Waals surface area contributed by atoms with Crippen LogP contribution in [-0.2, 0) is 4.79 Å². The van der Waals surface area contributed by atoms with E-state index < -0.39 is 0 Å². The number of carbonyl (C=O) groups excluding carboxylic acids is 1. The number of ketones is 1. The van der Waals surface area contributed by atoms with Crippen LogP contribution >= 0.6 is 0 Å². The minimum Gasteiger partial charge on any atom is -0.298 e. The molecule has 1 aliphatic rings. The first-order valence-corrected chi connectivity index (χ1v) is 5.92. The fraction of sp³-hybridized carbons (Fsp3) is 0.917. The Kier molecular flexibility index (Phi) is 4.59. The maximum absolute atomic E-state index is 11.6. The van der Waals surface area contributed by atoms with Gasteiger partial charge in [0.25, 0.3) is 0 Å². The Hall–Kier alpha value is -0.370. The summed E-state index contributed by atoms with van der Waals surface area (Å²) in [6, 6.07) is 0.144. The van der Waals surface area contributed by atoms with Crippen molar-refractivity contribution < 1.29 is 4.79 Å². The van der Waals surface area contributed by atoms with Crippen LogP contribution in [0.3, 0.4) is 0 Å². The molecule has 0 N–H and O–H groups in total. The molecule has 0 spiro atoms. The van der Waals surface area contributed by atoms with Crippen molar-refractivity contribution in [3.63, 3.8) is 0 Å². The molecule has 2 unspecified atom stereocenters. The van der Waals surface area contributed by atoms with Gasteiger partial charge in [0.15, 0.2) is 0 Å². The van der Waals surface area contributed by atoms with E-state index in [4.69, 9.17) is 0 Å². The normalized spacial score (nSPS) is 26.9. The van der Waals surface area contributed by atoms with Crippen LogP contribution in [0.4, 0.5) is 0 Å². The highest BCUT2D eigenvalue weighted by Gasteiger charge is 2.22. The zero-order valence-electron chi connectivity index (χ0n) is 9.75. The van der Waals surface area contributed by atoms with Gasteiger partial charge in [0, 0.05) is 6.42 Å². The van der Waals surface area contributed by atoms with E-state index in [9.17, 15) is 4.79 Å². The summed E-state index contributed by atoms with van der Waals surface area (Å²) in [5, 5.41) is 0. The highest BCUT2D eigenvalue weighted by atomic mass is 16.1. The average molecular weight is 197 g/mol. The Morgan fingerprint density at radius 3 is 2.79 bits per heavy atom. The molecule has 0 saturated carbocycles. The second-order valence-corrected chi connectivity index (χ2v) is 4.57. The molecule has 1 fully saturated rings. The summed E-state index contributed by atoms with van der Waals surface area (Å²) < 4.78 is 0. The molecule has 0 aromatic carbocycles. The third kappa shape index (κ3) is 3.09. The Bertz CT molecular complexity index is 191. The lowest BCUT2D eigenvalue weighted by Crippen LogP contribution is -2.39. The molecule has 1 heterocycles. The summed E-state index contributed by atoms with van der Waals surface area (Å²) in [6.07, 6.45) is 4.50. The van der Waals surface area contributed by atoms with Gasteiger partial charge in [-0.1, -0.05) is 13.8 Å². The highest BCUT2D eigenvalue weighted by molar-refractivity contribution is 5.83. The standard InChI is InChI=1S/C12H23NO/c1-4-12(14)11(3)13-8-5-6-10(2)7-9-13/h10-11H,4-9H2,1-3H3. The van der Waals surface area contributed by atoms with Gasteiger partial charge in [0.2, 0.25) is 0 Å². The van der Waals surface area contributed by atoms with Crippen molar-refractivity contribution in [2.75, 3.05) is 13.1 Å². The van der Waals surface area contributed by atoms with Gasteiger partial charge in [0.1, 0.15) is 5.78 Å². The van der Waals surface area contributed by atoms with Crippen LogP contribution in [0.1, 0.15) is 46.5 Å². The van der Waals surface area contributed by atoms with E-state index >= 15 is 0 Å². The van der Waals surface area contributed by atoms with Crippen LogP contribution in [-0.4, -0.2) is 29.8 Å². The van der Waals surface area contributed by atoms with E-state index in [1.165, 1.54) is 19.3 Å². The van der Waals surface area contributed by atoms with Crippen molar-refractivity contribution in [3.8, 4) is 0 Å². The Balaban J connectivity index is 2.46. The number of hydrogen-bond acceptors (Lipinski definition) is 2. The second-order valence-electron chi connectivity index (χ2n) is 4.57. The van der Waals surface area contributed by atoms with Crippen molar-refractivity contribution in [2.24, 2.45) is 5.92 Å². The summed E-state index contributed by atoms with van der Waals surface area (Å²) >= 11 is 0. The number of carbonyl (C=O) groups is 1. The van der Waals surface area contributed by atoms with Crippen molar-refractivity contribution in [3.05, 3.63) is 0 Å². The smallest absolute Gasteiger partial charge is 0.149 e. The van der Waals surface area contributed by atoms with Gasteiger partial charge in [-0.15, -0.1) is 0 Å². The second kappa shape index (κ2) is 5.50. The summed E-state index contributed by atoms with van der Waals surface area (Å²) in [5.74, 6) is 1.23. The first-order valence-electron chi connectivity index (χ1n) is 5.92. The van der Waals surface area contributed by atoms with Crippen molar-refractivity contribution in [1.82, 2.24) is 4.90 Å². The molecule has 1 aliphatic heterocycles. The maximum Gasteiger partial charge on any atom is 0.149 e. The first kappa shape index (κ1) is 11.7. The molecule has 1 saturated heterocycles. The summed E-state index contributed by atoms with van der Waals surface area (Å²) in [5.41, 5.74) is 0. The summed E-state index contributed by atoms with van der Waals surface area (Å²) in [7, 11) is 0. The maximum atomic E-state index is 11.6. The van der Waals surface area contributed by atoms with Crippen LogP contribution in [0, 0.1) is 5.92 Å². The van der Waals surface area contributed by atoms with Crippen LogP contribution in [0.15, 0.2) is 0 Å². The zero-order valence-corrected chi connectivity index (χ0v) is 9.75. The molecule has 0 aliphatic carbocycles. The van der Waals surface area contributed by atoms with E-state index in [-0.39, 0.29) is 6.04 Å². The first-order chi connectivity index (χ1) is 6.65. The van der Waals surface area contributed by atoms with Crippen molar-refractivity contribution in [2.45, 2.75) is 52.5 Å².